The van der Waals surface area contributed by atoms with Gasteiger partial charge in [0.15, 0.2) is 5.82 Å². The smallest absolute Gasteiger partial charge is 0.181 e. The third kappa shape index (κ3) is 2.58. The maximum atomic E-state index is 6.12. The molecule has 0 unspecified atom stereocenters. The zero-order chi connectivity index (χ0) is 13.3. The molecule has 2 aromatic heterocycles. The van der Waals surface area contributed by atoms with Gasteiger partial charge in [-0.3, -0.25) is 0 Å². The van der Waals surface area contributed by atoms with Gasteiger partial charge in [-0.05, 0) is 19.4 Å². The van der Waals surface area contributed by atoms with Crippen LogP contribution in [0.1, 0.15) is 18.2 Å². The summed E-state index contributed by atoms with van der Waals surface area (Å²) < 4.78 is 0. The molecule has 0 aliphatic rings. The number of aryl methyl sites for hydroxylation is 1. The predicted molar refractivity (Wildman–Crippen MR) is 74.4 cm³/mol. The van der Waals surface area contributed by atoms with E-state index < -0.39 is 0 Å². The molecule has 2 aromatic rings. The van der Waals surface area contributed by atoms with Gasteiger partial charge in [-0.15, -0.1) is 0 Å². The number of nitrogens with zero attached hydrogens (tertiary/aromatic N) is 3. The van der Waals surface area contributed by atoms with Crippen LogP contribution >= 0.6 is 34.8 Å². The standard InChI is InChI=1S/C12H10Cl3N3/c1-3-8-6(2)17-12(18-11(8)15)10-9(14)4-7(13)5-16-10/h4-5H,3H2,1-2H3. The van der Waals surface area contributed by atoms with Crippen molar-refractivity contribution in [2.24, 2.45) is 0 Å². The largest absolute Gasteiger partial charge is 0.250 e. The van der Waals surface area contributed by atoms with Gasteiger partial charge in [0.25, 0.3) is 0 Å². The zero-order valence-corrected chi connectivity index (χ0v) is 12.1. The van der Waals surface area contributed by atoms with Crippen molar-refractivity contribution in [3.8, 4) is 11.5 Å². The van der Waals surface area contributed by atoms with Crippen LogP contribution in [0.4, 0.5) is 0 Å². The van der Waals surface area contributed by atoms with Crippen molar-refractivity contribution < 1.29 is 0 Å². The van der Waals surface area contributed by atoms with Crippen LogP contribution in [0.5, 0.6) is 0 Å². The molecule has 2 rings (SSSR count). The first-order chi connectivity index (χ1) is 8.52. The molecule has 0 aliphatic carbocycles. The molecule has 0 amide bonds. The number of halogens is 3. The lowest BCUT2D eigenvalue weighted by Gasteiger charge is -2.08. The van der Waals surface area contributed by atoms with Gasteiger partial charge in [0.2, 0.25) is 0 Å². The molecule has 2 heterocycles. The Morgan fingerprint density at radius 1 is 1.17 bits per heavy atom. The van der Waals surface area contributed by atoms with Crippen molar-refractivity contribution in [1.82, 2.24) is 15.0 Å². The fraction of sp³-hybridized carbons (Fsp3) is 0.250. The molecule has 0 saturated carbocycles. The van der Waals surface area contributed by atoms with Crippen LogP contribution in [0.2, 0.25) is 15.2 Å². The molecule has 0 N–H and O–H groups in total. The second-order valence-corrected chi connectivity index (χ2v) is 4.94. The van der Waals surface area contributed by atoms with Crippen molar-refractivity contribution >= 4 is 34.8 Å². The second kappa shape index (κ2) is 5.39. The quantitative estimate of drug-likeness (QED) is 0.773. The molecule has 0 aromatic carbocycles. The molecular formula is C12H10Cl3N3. The summed E-state index contributed by atoms with van der Waals surface area (Å²) in [5.41, 5.74) is 2.25. The fourth-order valence-electron chi connectivity index (χ4n) is 1.65. The molecule has 0 aliphatic heterocycles. The Hall–Kier alpha value is -0.900. The first-order valence-corrected chi connectivity index (χ1v) is 6.50. The molecule has 18 heavy (non-hydrogen) atoms. The lowest BCUT2D eigenvalue weighted by Crippen LogP contribution is -2.00. The Kier molecular flexibility index (Phi) is 4.05. The summed E-state index contributed by atoms with van der Waals surface area (Å²) in [4.78, 5) is 12.7. The van der Waals surface area contributed by atoms with Gasteiger partial charge in [0.1, 0.15) is 10.8 Å². The highest BCUT2D eigenvalue weighted by Crippen LogP contribution is 2.28. The first-order valence-electron chi connectivity index (χ1n) is 5.37. The van der Waals surface area contributed by atoms with Crippen LogP contribution in [0.25, 0.3) is 11.5 Å². The van der Waals surface area contributed by atoms with E-state index in [0.29, 0.717) is 26.7 Å². The highest BCUT2D eigenvalue weighted by atomic mass is 35.5. The molecule has 3 nitrogen and oxygen atoms in total. The van der Waals surface area contributed by atoms with Gasteiger partial charge in [-0.2, -0.15) is 0 Å². The number of hydrogen-bond donors (Lipinski definition) is 0. The van der Waals surface area contributed by atoms with Crippen molar-refractivity contribution in [2.75, 3.05) is 0 Å². The zero-order valence-electron chi connectivity index (χ0n) is 9.84. The van der Waals surface area contributed by atoms with Gasteiger partial charge in [-0.1, -0.05) is 41.7 Å². The van der Waals surface area contributed by atoms with E-state index in [1.807, 2.05) is 13.8 Å². The Bertz CT molecular complexity index is 576. The van der Waals surface area contributed by atoms with Gasteiger partial charge in [0, 0.05) is 17.5 Å². The molecule has 0 radical (unpaired) electrons. The molecular weight excluding hydrogens is 293 g/mol. The lowest BCUT2D eigenvalue weighted by molar-refractivity contribution is 0.995. The van der Waals surface area contributed by atoms with E-state index in [0.717, 1.165) is 17.7 Å². The summed E-state index contributed by atoms with van der Waals surface area (Å²) in [6, 6.07) is 1.60. The predicted octanol–water partition coefficient (Wildman–Crippen LogP) is 4.37. The van der Waals surface area contributed by atoms with E-state index in [1.165, 1.54) is 6.20 Å². The SMILES string of the molecule is CCc1c(C)nc(-c2ncc(Cl)cc2Cl)nc1Cl. The third-order valence-electron chi connectivity index (χ3n) is 2.54. The Balaban J connectivity index is 2.58. The summed E-state index contributed by atoms with van der Waals surface area (Å²) in [7, 11) is 0. The van der Waals surface area contributed by atoms with Gasteiger partial charge < -0.3 is 0 Å². The van der Waals surface area contributed by atoms with Crippen molar-refractivity contribution in [3.05, 3.63) is 38.7 Å². The Morgan fingerprint density at radius 2 is 1.89 bits per heavy atom. The van der Waals surface area contributed by atoms with Crippen molar-refractivity contribution in [2.45, 2.75) is 20.3 Å². The molecule has 6 heteroatoms. The maximum absolute atomic E-state index is 6.12. The normalized spacial score (nSPS) is 10.7. The summed E-state index contributed by atoms with van der Waals surface area (Å²) in [6.07, 6.45) is 2.29. The highest BCUT2D eigenvalue weighted by Gasteiger charge is 2.13. The molecule has 94 valence electrons. The lowest BCUT2D eigenvalue weighted by atomic mass is 10.2. The minimum atomic E-state index is 0.405. The van der Waals surface area contributed by atoms with Crippen LogP contribution in [0.15, 0.2) is 12.3 Å². The van der Waals surface area contributed by atoms with Crippen LogP contribution < -0.4 is 0 Å². The van der Waals surface area contributed by atoms with Crippen LogP contribution in [-0.4, -0.2) is 15.0 Å². The van der Waals surface area contributed by atoms with Crippen LogP contribution in [0.3, 0.4) is 0 Å². The number of pyridine rings is 1. The topological polar surface area (TPSA) is 38.7 Å². The third-order valence-corrected chi connectivity index (χ3v) is 3.34. The summed E-state index contributed by atoms with van der Waals surface area (Å²) in [5.74, 6) is 0.413. The summed E-state index contributed by atoms with van der Waals surface area (Å²) >= 11 is 18.0. The minimum absolute atomic E-state index is 0.405. The average Bonchev–Trinajstić information content (AvgIpc) is 2.28. The maximum Gasteiger partial charge on any atom is 0.181 e. The molecule has 0 spiro atoms. The monoisotopic (exact) mass is 301 g/mol. The minimum Gasteiger partial charge on any atom is -0.250 e. The average molecular weight is 303 g/mol. The molecule has 0 saturated heterocycles. The number of aromatic nitrogens is 3. The summed E-state index contributed by atoms with van der Waals surface area (Å²) in [5, 5.41) is 1.31. The fourth-order valence-corrected chi connectivity index (χ4v) is 2.46. The molecule has 0 fully saturated rings. The van der Waals surface area contributed by atoms with Crippen molar-refractivity contribution in [3.63, 3.8) is 0 Å². The molecule has 0 bridgehead atoms. The van der Waals surface area contributed by atoms with Gasteiger partial charge >= 0.3 is 0 Å². The first kappa shape index (κ1) is 13.5. The second-order valence-electron chi connectivity index (χ2n) is 3.74. The van der Waals surface area contributed by atoms with E-state index in [2.05, 4.69) is 15.0 Å². The van der Waals surface area contributed by atoms with E-state index in [9.17, 15) is 0 Å². The summed E-state index contributed by atoms with van der Waals surface area (Å²) in [6.45, 7) is 3.89. The Morgan fingerprint density at radius 3 is 2.44 bits per heavy atom. The molecule has 0 atom stereocenters. The van der Waals surface area contributed by atoms with E-state index in [-0.39, 0.29) is 0 Å². The van der Waals surface area contributed by atoms with Gasteiger partial charge in [-0.25, -0.2) is 15.0 Å². The van der Waals surface area contributed by atoms with E-state index >= 15 is 0 Å². The van der Waals surface area contributed by atoms with E-state index in [1.54, 1.807) is 6.07 Å². The number of rotatable bonds is 2. The van der Waals surface area contributed by atoms with E-state index in [4.69, 9.17) is 34.8 Å². The van der Waals surface area contributed by atoms with Gasteiger partial charge in [0.05, 0.1) is 10.0 Å². The van der Waals surface area contributed by atoms with Crippen LogP contribution in [0, 0.1) is 6.92 Å². The number of hydrogen-bond acceptors (Lipinski definition) is 3. The highest BCUT2D eigenvalue weighted by molar-refractivity contribution is 6.36. The van der Waals surface area contributed by atoms with Crippen LogP contribution in [-0.2, 0) is 6.42 Å². The van der Waals surface area contributed by atoms with Crippen molar-refractivity contribution in [1.29, 1.82) is 0 Å². The Labute approximate surface area is 120 Å².